The Morgan fingerprint density at radius 1 is 0.833 bits per heavy atom. The van der Waals surface area contributed by atoms with E-state index in [4.69, 9.17) is 4.74 Å². The number of ether oxygens (including phenoxy) is 1. The molecule has 5 heteroatoms. The van der Waals surface area contributed by atoms with E-state index in [1.165, 1.54) is 9.80 Å². The van der Waals surface area contributed by atoms with Crippen molar-refractivity contribution in [2.45, 2.75) is 13.3 Å². The van der Waals surface area contributed by atoms with Crippen LogP contribution < -0.4 is 0 Å². The third-order valence-electron chi connectivity index (χ3n) is 3.66. The highest BCUT2D eigenvalue weighted by Crippen LogP contribution is 2.13. The molecule has 0 radical (unpaired) electrons. The standard InChI is InChI=1S/C19H22N2O3/c1-4-24-19(20(2)17(22)15-11-7-5-8-12-15)21(3)18(23)16-13-9-6-10-14-16/h5-14,19H,4H2,1-3H3. The molecule has 2 aromatic rings. The Balaban J connectivity index is 2.21. The molecule has 0 heterocycles. The van der Waals surface area contributed by atoms with Gasteiger partial charge in [0, 0.05) is 31.8 Å². The van der Waals surface area contributed by atoms with E-state index in [1.807, 2.05) is 19.1 Å². The predicted octanol–water partition coefficient (Wildman–Crippen LogP) is 2.85. The largest absolute Gasteiger partial charge is 0.340 e. The quantitative estimate of drug-likeness (QED) is 0.767. The van der Waals surface area contributed by atoms with Gasteiger partial charge >= 0.3 is 0 Å². The van der Waals surface area contributed by atoms with Crippen LogP contribution in [-0.4, -0.2) is 48.7 Å². The van der Waals surface area contributed by atoms with Crippen LogP contribution in [0.3, 0.4) is 0 Å². The Labute approximate surface area is 142 Å². The Kier molecular flexibility index (Phi) is 6.09. The Hall–Kier alpha value is -2.66. The van der Waals surface area contributed by atoms with Crippen LogP contribution in [0.4, 0.5) is 0 Å². The molecule has 0 aliphatic rings. The van der Waals surface area contributed by atoms with Gasteiger partial charge in [-0.25, -0.2) is 0 Å². The summed E-state index contributed by atoms with van der Waals surface area (Å²) in [6.45, 7) is 2.21. The number of hydrogen-bond acceptors (Lipinski definition) is 3. The van der Waals surface area contributed by atoms with Gasteiger partial charge in [0.15, 0.2) is 0 Å². The first-order valence-corrected chi connectivity index (χ1v) is 7.82. The SMILES string of the molecule is CCOC(N(C)C(=O)c1ccccc1)N(C)C(=O)c1ccccc1. The van der Waals surface area contributed by atoms with Gasteiger partial charge in [0.1, 0.15) is 0 Å². The van der Waals surface area contributed by atoms with Crippen LogP contribution in [0, 0.1) is 0 Å². The fourth-order valence-corrected chi connectivity index (χ4v) is 2.40. The molecule has 126 valence electrons. The van der Waals surface area contributed by atoms with Crippen LogP contribution >= 0.6 is 0 Å². The van der Waals surface area contributed by atoms with Crippen molar-refractivity contribution in [1.29, 1.82) is 0 Å². The fourth-order valence-electron chi connectivity index (χ4n) is 2.40. The van der Waals surface area contributed by atoms with Crippen molar-refractivity contribution in [2.75, 3.05) is 20.7 Å². The Bertz CT molecular complexity index is 616. The van der Waals surface area contributed by atoms with Crippen molar-refractivity contribution in [1.82, 2.24) is 9.80 Å². The summed E-state index contributed by atoms with van der Waals surface area (Å²) in [5.74, 6) is -0.413. The molecule has 2 rings (SSSR count). The summed E-state index contributed by atoms with van der Waals surface area (Å²) in [5.41, 5.74) is 1.09. The van der Waals surface area contributed by atoms with E-state index in [1.54, 1.807) is 62.6 Å². The topological polar surface area (TPSA) is 49.9 Å². The van der Waals surface area contributed by atoms with E-state index in [0.29, 0.717) is 17.7 Å². The first-order chi connectivity index (χ1) is 11.6. The maximum absolute atomic E-state index is 12.6. The van der Waals surface area contributed by atoms with Crippen LogP contribution in [0.2, 0.25) is 0 Å². The minimum Gasteiger partial charge on any atom is -0.340 e. The van der Waals surface area contributed by atoms with Gasteiger partial charge < -0.3 is 4.74 Å². The average molecular weight is 326 g/mol. The van der Waals surface area contributed by atoms with Crippen molar-refractivity contribution in [2.24, 2.45) is 0 Å². The van der Waals surface area contributed by atoms with Crippen LogP contribution in [0.25, 0.3) is 0 Å². The first-order valence-electron chi connectivity index (χ1n) is 7.82. The average Bonchev–Trinajstić information content (AvgIpc) is 2.65. The monoisotopic (exact) mass is 326 g/mol. The zero-order chi connectivity index (χ0) is 17.5. The molecule has 0 aliphatic heterocycles. The Morgan fingerprint density at radius 2 is 1.21 bits per heavy atom. The van der Waals surface area contributed by atoms with Gasteiger partial charge in [-0.1, -0.05) is 36.4 Å². The van der Waals surface area contributed by atoms with Crippen LogP contribution in [0.1, 0.15) is 27.6 Å². The summed E-state index contributed by atoms with van der Waals surface area (Å²) < 4.78 is 5.66. The van der Waals surface area contributed by atoms with Crippen molar-refractivity contribution < 1.29 is 14.3 Å². The number of amides is 2. The molecule has 0 spiro atoms. The van der Waals surface area contributed by atoms with Crippen LogP contribution in [-0.2, 0) is 4.74 Å². The number of carbonyl (C=O) groups excluding carboxylic acids is 2. The lowest BCUT2D eigenvalue weighted by Crippen LogP contribution is -2.51. The minimum absolute atomic E-state index is 0.207. The number of benzene rings is 2. The van der Waals surface area contributed by atoms with Crippen LogP contribution in [0.15, 0.2) is 60.7 Å². The van der Waals surface area contributed by atoms with Crippen molar-refractivity contribution >= 4 is 11.8 Å². The maximum atomic E-state index is 12.6. The molecule has 0 N–H and O–H groups in total. The van der Waals surface area contributed by atoms with Gasteiger partial charge in [-0.05, 0) is 31.2 Å². The molecule has 0 fully saturated rings. The smallest absolute Gasteiger partial charge is 0.257 e. The molecule has 0 unspecified atom stereocenters. The molecule has 0 saturated carbocycles. The lowest BCUT2D eigenvalue weighted by molar-refractivity contribution is -0.101. The second-order valence-electron chi connectivity index (χ2n) is 5.35. The highest BCUT2D eigenvalue weighted by Gasteiger charge is 2.28. The molecule has 2 amide bonds. The zero-order valence-corrected chi connectivity index (χ0v) is 14.2. The van der Waals surface area contributed by atoms with E-state index in [-0.39, 0.29) is 11.8 Å². The van der Waals surface area contributed by atoms with Crippen LogP contribution in [0.5, 0.6) is 0 Å². The summed E-state index contributed by atoms with van der Waals surface area (Å²) in [6.07, 6.45) is -0.782. The fraction of sp³-hybridized carbons (Fsp3) is 0.263. The summed E-state index contributed by atoms with van der Waals surface area (Å²) >= 11 is 0. The molecule has 24 heavy (non-hydrogen) atoms. The summed E-state index contributed by atoms with van der Waals surface area (Å²) in [6, 6.07) is 17.9. The molecule has 0 bridgehead atoms. The van der Waals surface area contributed by atoms with E-state index in [9.17, 15) is 9.59 Å². The second kappa shape index (κ2) is 8.26. The van der Waals surface area contributed by atoms with Gasteiger partial charge in [0.25, 0.3) is 11.8 Å². The maximum Gasteiger partial charge on any atom is 0.257 e. The normalized spacial score (nSPS) is 10.5. The molecule has 0 aliphatic carbocycles. The number of nitrogens with zero attached hydrogens (tertiary/aromatic N) is 2. The molecule has 0 atom stereocenters. The van der Waals surface area contributed by atoms with E-state index < -0.39 is 6.35 Å². The summed E-state index contributed by atoms with van der Waals surface area (Å²) in [5, 5.41) is 0. The molecule has 0 aromatic heterocycles. The van der Waals surface area contributed by atoms with E-state index in [0.717, 1.165) is 0 Å². The Morgan fingerprint density at radius 3 is 1.54 bits per heavy atom. The lowest BCUT2D eigenvalue weighted by Gasteiger charge is -2.34. The molecular formula is C19H22N2O3. The van der Waals surface area contributed by atoms with E-state index >= 15 is 0 Å². The van der Waals surface area contributed by atoms with Gasteiger partial charge in [-0.2, -0.15) is 0 Å². The number of carbonyl (C=O) groups is 2. The third-order valence-corrected chi connectivity index (χ3v) is 3.66. The van der Waals surface area contributed by atoms with Crippen molar-refractivity contribution in [3.63, 3.8) is 0 Å². The van der Waals surface area contributed by atoms with Crippen molar-refractivity contribution in [3.8, 4) is 0 Å². The zero-order valence-electron chi connectivity index (χ0n) is 14.2. The summed E-state index contributed by atoms with van der Waals surface area (Å²) in [4.78, 5) is 28.1. The number of hydrogen-bond donors (Lipinski definition) is 0. The van der Waals surface area contributed by atoms with Gasteiger partial charge in [0.2, 0.25) is 6.35 Å². The van der Waals surface area contributed by atoms with Crippen molar-refractivity contribution in [3.05, 3.63) is 71.8 Å². The predicted molar refractivity (Wildman–Crippen MR) is 92.5 cm³/mol. The highest BCUT2D eigenvalue weighted by atomic mass is 16.5. The molecular weight excluding hydrogens is 304 g/mol. The lowest BCUT2D eigenvalue weighted by atomic mass is 10.2. The van der Waals surface area contributed by atoms with Gasteiger partial charge in [-0.15, -0.1) is 0 Å². The number of rotatable bonds is 6. The molecule has 5 nitrogen and oxygen atoms in total. The van der Waals surface area contributed by atoms with E-state index in [2.05, 4.69) is 0 Å². The van der Waals surface area contributed by atoms with Gasteiger partial charge in [-0.3, -0.25) is 19.4 Å². The third kappa shape index (κ3) is 4.00. The minimum atomic E-state index is -0.782. The molecule has 0 saturated heterocycles. The first kappa shape index (κ1) is 17.7. The summed E-state index contributed by atoms with van der Waals surface area (Å²) in [7, 11) is 3.26. The highest BCUT2D eigenvalue weighted by molar-refractivity contribution is 5.96. The second-order valence-corrected chi connectivity index (χ2v) is 5.35. The van der Waals surface area contributed by atoms with Gasteiger partial charge in [0.05, 0.1) is 0 Å². The molecule has 2 aromatic carbocycles.